The topological polar surface area (TPSA) is 81.3 Å². The lowest BCUT2D eigenvalue weighted by molar-refractivity contribution is 0.667. The quantitative estimate of drug-likeness (QED) is 0.180. The van der Waals surface area contributed by atoms with E-state index >= 15 is 0 Å². The van der Waals surface area contributed by atoms with E-state index in [1.807, 2.05) is 109 Å². The molecule has 0 bridgehead atoms. The molecule has 0 aliphatic rings. The first-order valence-corrected chi connectivity index (χ1v) is 17.1. The second-order valence-corrected chi connectivity index (χ2v) is 12.8. The van der Waals surface area contributed by atoms with Crippen LogP contribution in [0.15, 0.2) is 171 Å². The van der Waals surface area contributed by atoms with Crippen molar-refractivity contribution >= 4 is 83.1 Å². The highest BCUT2D eigenvalue weighted by Crippen LogP contribution is 2.46. The van der Waals surface area contributed by atoms with Gasteiger partial charge in [-0.1, -0.05) is 103 Å². The minimum atomic E-state index is 0.437. The van der Waals surface area contributed by atoms with Gasteiger partial charge in [0, 0.05) is 38.1 Å². The third-order valence-corrected chi connectivity index (χ3v) is 9.74. The SMILES string of the molecule is c1ccc(-c2nc(-c3ccc4oc5ccccc5c4c3)nc(N(c3cccc4c3oc3ccccc34)c3cccc4oc5ccccc5c34)n2)cc1. The first-order chi connectivity index (χ1) is 25.8. The van der Waals surface area contributed by atoms with Crippen molar-refractivity contribution in [2.45, 2.75) is 0 Å². The van der Waals surface area contributed by atoms with Crippen LogP contribution in [0.25, 0.3) is 88.6 Å². The van der Waals surface area contributed by atoms with Gasteiger partial charge in [-0.3, -0.25) is 4.90 Å². The molecule has 52 heavy (non-hydrogen) atoms. The van der Waals surface area contributed by atoms with Crippen LogP contribution in [0.2, 0.25) is 0 Å². The van der Waals surface area contributed by atoms with Gasteiger partial charge >= 0.3 is 0 Å². The average Bonchev–Trinajstić information content (AvgIpc) is 3.90. The number of aromatic nitrogens is 3. The Bertz CT molecular complexity index is 3160. The van der Waals surface area contributed by atoms with E-state index < -0.39 is 0 Å². The van der Waals surface area contributed by atoms with E-state index in [1.165, 1.54) is 0 Å². The molecular formula is C45H26N4O3. The fraction of sp³-hybridized carbons (Fsp3) is 0. The Morgan fingerprint density at radius 2 is 0.923 bits per heavy atom. The van der Waals surface area contributed by atoms with Gasteiger partial charge in [-0.25, -0.2) is 4.98 Å². The molecule has 7 aromatic carbocycles. The van der Waals surface area contributed by atoms with Crippen molar-refractivity contribution < 1.29 is 13.3 Å². The maximum atomic E-state index is 6.65. The van der Waals surface area contributed by atoms with Crippen LogP contribution < -0.4 is 4.90 Å². The summed E-state index contributed by atoms with van der Waals surface area (Å²) in [7, 11) is 0. The molecule has 0 saturated heterocycles. The monoisotopic (exact) mass is 670 g/mol. The molecule has 0 atom stereocenters. The van der Waals surface area contributed by atoms with Crippen molar-refractivity contribution in [3.05, 3.63) is 158 Å². The summed E-state index contributed by atoms with van der Waals surface area (Å²) in [6.45, 7) is 0. The van der Waals surface area contributed by atoms with Crippen molar-refractivity contribution in [3.8, 4) is 22.8 Å². The van der Waals surface area contributed by atoms with Crippen LogP contribution in [0, 0.1) is 0 Å². The molecule has 0 aliphatic carbocycles. The largest absolute Gasteiger partial charge is 0.456 e. The van der Waals surface area contributed by atoms with E-state index in [4.69, 9.17) is 28.2 Å². The highest BCUT2D eigenvalue weighted by Gasteiger charge is 2.26. The molecule has 0 amide bonds. The van der Waals surface area contributed by atoms with Gasteiger partial charge in [-0.2, -0.15) is 9.97 Å². The van der Waals surface area contributed by atoms with Gasteiger partial charge < -0.3 is 13.3 Å². The Morgan fingerprint density at radius 1 is 0.365 bits per heavy atom. The zero-order chi connectivity index (χ0) is 34.2. The Morgan fingerprint density at radius 3 is 1.73 bits per heavy atom. The minimum Gasteiger partial charge on any atom is -0.456 e. The Labute approximate surface area is 296 Å². The third kappa shape index (κ3) is 4.36. The van der Waals surface area contributed by atoms with Gasteiger partial charge in [0.1, 0.15) is 27.9 Å². The van der Waals surface area contributed by atoms with Crippen LogP contribution >= 0.6 is 0 Å². The van der Waals surface area contributed by atoms with Crippen molar-refractivity contribution in [2.75, 3.05) is 4.90 Å². The number of fused-ring (bicyclic) bond motifs is 9. The molecule has 0 aliphatic heterocycles. The van der Waals surface area contributed by atoms with Crippen molar-refractivity contribution in [2.24, 2.45) is 0 Å². The van der Waals surface area contributed by atoms with Crippen molar-refractivity contribution in [1.29, 1.82) is 0 Å². The highest BCUT2D eigenvalue weighted by atomic mass is 16.3. The molecular weight excluding hydrogens is 645 g/mol. The van der Waals surface area contributed by atoms with Crippen LogP contribution in [-0.4, -0.2) is 15.0 Å². The van der Waals surface area contributed by atoms with Crippen LogP contribution in [0.1, 0.15) is 0 Å². The molecule has 0 fully saturated rings. The number of anilines is 3. The van der Waals surface area contributed by atoms with Gasteiger partial charge in [0.25, 0.3) is 0 Å². The van der Waals surface area contributed by atoms with Crippen LogP contribution in [0.5, 0.6) is 0 Å². The van der Waals surface area contributed by atoms with Crippen LogP contribution in [-0.2, 0) is 0 Å². The normalized spacial score (nSPS) is 11.8. The molecule has 0 spiro atoms. The van der Waals surface area contributed by atoms with Gasteiger partial charge in [-0.15, -0.1) is 0 Å². The lowest BCUT2D eigenvalue weighted by atomic mass is 10.1. The maximum Gasteiger partial charge on any atom is 0.238 e. The predicted octanol–water partition coefficient (Wildman–Crippen LogP) is 12.4. The summed E-state index contributed by atoms with van der Waals surface area (Å²) in [4.78, 5) is 17.7. The molecule has 11 rings (SSSR count). The van der Waals surface area contributed by atoms with E-state index in [0.717, 1.165) is 88.3 Å². The van der Waals surface area contributed by atoms with Crippen molar-refractivity contribution in [3.63, 3.8) is 0 Å². The van der Waals surface area contributed by atoms with Gasteiger partial charge in [0.15, 0.2) is 17.2 Å². The molecule has 0 N–H and O–H groups in total. The highest BCUT2D eigenvalue weighted by molar-refractivity contribution is 6.16. The molecule has 7 nitrogen and oxygen atoms in total. The molecule has 11 aromatic rings. The summed E-state index contributed by atoms with van der Waals surface area (Å²) >= 11 is 0. The maximum absolute atomic E-state index is 6.65. The number of para-hydroxylation sites is 4. The van der Waals surface area contributed by atoms with E-state index in [-0.39, 0.29) is 0 Å². The fourth-order valence-corrected chi connectivity index (χ4v) is 7.37. The number of rotatable bonds is 5. The second-order valence-electron chi connectivity index (χ2n) is 12.8. The summed E-state index contributed by atoms with van der Waals surface area (Å²) in [5.74, 6) is 1.51. The minimum absolute atomic E-state index is 0.437. The zero-order valence-corrected chi connectivity index (χ0v) is 27.5. The zero-order valence-electron chi connectivity index (χ0n) is 27.5. The van der Waals surface area contributed by atoms with E-state index in [1.54, 1.807) is 0 Å². The van der Waals surface area contributed by atoms with Crippen LogP contribution in [0.3, 0.4) is 0 Å². The molecule has 244 valence electrons. The second kappa shape index (κ2) is 11.1. The average molecular weight is 671 g/mol. The summed E-state index contributed by atoms with van der Waals surface area (Å²) in [6.07, 6.45) is 0. The summed E-state index contributed by atoms with van der Waals surface area (Å²) in [5, 5.41) is 6.00. The first kappa shape index (κ1) is 28.6. The molecule has 4 heterocycles. The number of nitrogens with zero attached hydrogens (tertiary/aromatic N) is 4. The van der Waals surface area contributed by atoms with E-state index in [0.29, 0.717) is 17.6 Å². The number of hydrogen-bond donors (Lipinski definition) is 0. The molecule has 7 heteroatoms. The fourth-order valence-electron chi connectivity index (χ4n) is 7.37. The van der Waals surface area contributed by atoms with Crippen LogP contribution in [0.4, 0.5) is 17.3 Å². The first-order valence-electron chi connectivity index (χ1n) is 17.1. The summed E-state index contributed by atoms with van der Waals surface area (Å²) in [5.41, 5.74) is 8.08. The number of hydrogen-bond acceptors (Lipinski definition) is 7. The Kier molecular flexibility index (Phi) is 6.12. The predicted molar refractivity (Wildman–Crippen MR) is 207 cm³/mol. The smallest absolute Gasteiger partial charge is 0.238 e. The van der Waals surface area contributed by atoms with Gasteiger partial charge in [0.2, 0.25) is 5.95 Å². The molecule has 4 aromatic heterocycles. The summed E-state index contributed by atoms with van der Waals surface area (Å²) in [6, 6.07) is 52.7. The third-order valence-electron chi connectivity index (χ3n) is 9.74. The summed E-state index contributed by atoms with van der Waals surface area (Å²) < 4.78 is 19.2. The lowest BCUT2D eigenvalue weighted by Gasteiger charge is -2.24. The standard InChI is InChI=1S/C45H26N4O3/c1-2-12-27(13-3-1)43-46-44(28-24-25-39-33(26-28)30-15-5-7-20-36(30)50-39)48-45(47-43)49(34-18-11-23-40-41(34)32-16-6-9-22-38(32)51-40)35-19-10-17-31-29-14-4-8-21-37(29)52-42(31)35/h1-26H. The van der Waals surface area contributed by atoms with E-state index in [2.05, 4.69) is 53.4 Å². The number of benzene rings is 7. The Balaban J connectivity index is 1.23. The molecule has 0 radical (unpaired) electrons. The lowest BCUT2D eigenvalue weighted by Crippen LogP contribution is -2.15. The molecule has 0 unspecified atom stereocenters. The number of furan rings is 3. The van der Waals surface area contributed by atoms with Gasteiger partial charge in [-0.05, 0) is 54.6 Å². The van der Waals surface area contributed by atoms with E-state index in [9.17, 15) is 0 Å². The molecule has 0 saturated carbocycles. The van der Waals surface area contributed by atoms with Crippen molar-refractivity contribution in [1.82, 2.24) is 15.0 Å². The Hall–Kier alpha value is -7.25. The van der Waals surface area contributed by atoms with Gasteiger partial charge in [0.05, 0.1) is 16.8 Å².